The smallest absolute Gasteiger partial charge is 0.244 e. The number of rotatable bonds is 3. The standard InChI is InChI=1S/C12H17BrN2O3S/c13-11-2-1-10(14)7-12(11)19(17,18)15-5-3-9(8-16)4-6-15/h1-2,7,9,16H,3-6,8,14H2. The van der Waals surface area contributed by atoms with Gasteiger partial charge in [0.25, 0.3) is 0 Å². The molecular weight excluding hydrogens is 332 g/mol. The van der Waals surface area contributed by atoms with E-state index in [-0.39, 0.29) is 17.4 Å². The molecule has 1 aliphatic rings. The summed E-state index contributed by atoms with van der Waals surface area (Å²) in [6, 6.07) is 4.77. The van der Waals surface area contributed by atoms with Crippen molar-refractivity contribution in [2.45, 2.75) is 17.7 Å². The number of sulfonamides is 1. The topological polar surface area (TPSA) is 83.6 Å². The Morgan fingerprint density at radius 3 is 2.58 bits per heavy atom. The van der Waals surface area contributed by atoms with Gasteiger partial charge in [-0.15, -0.1) is 0 Å². The first-order chi connectivity index (χ1) is 8.95. The Bertz CT molecular complexity index is 554. The number of anilines is 1. The third kappa shape index (κ3) is 3.10. The van der Waals surface area contributed by atoms with E-state index in [1.54, 1.807) is 12.1 Å². The van der Waals surface area contributed by atoms with Gasteiger partial charge >= 0.3 is 0 Å². The van der Waals surface area contributed by atoms with Crippen molar-refractivity contribution < 1.29 is 13.5 Å². The number of nitrogens with zero attached hydrogens (tertiary/aromatic N) is 1. The van der Waals surface area contributed by atoms with Crippen LogP contribution in [0.3, 0.4) is 0 Å². The first kappa shape index (κ1) is 14.8. The van der Waals surface area contributed by atoms with E-state index >= 15 is 0 Å². The predicted octanol–water partition coefficient (Wildman–Crippen LogP) is 1.42. The zero-order valence-electron chi connectivity index (χ0n) is 10.4. The van der Waals surface area contributed by atoms with Crippen LogP contribution in [0.25, 0.3) is 0 Å². The second-order valence-electron chi connectivity index (χ2n) is 4.72. The average molecular weight is 349 g/mol. The van der Waals surface area contributed by atoms with E-state index in [1.165, 1.54) is 10.4 Å². The largest absolute Gasteiger partial charge is 0.399 e. The molecule has 5 nitrogen and oxygen atoms in total. The molecule has 3 N–H and O–H groups in total. The van der Waals surface area contributed by atoms with Crippen molar-refractivity contribution >= 4 is 31.6 Å². The minimum absolute atomic E-state index is 0.121. The first-order valence-corrected chi connectivity index (χ1v) is 8.34. The zero-order valence-corrected chi connectivity index (χ0v) is 12.8. The van der Waals surface area contributed by atoms with Gasteiger partial charge in [0, 0.05) is 29.9 Å². The Hall–Kier alpha value is -0.630. The van der Waals surface area contributed by atoms with Crippen molar-refractivity contribution in [1.29, 1.82) is 0 Å². The van der Waals surface area contributed by atoms with Crippen LogP contribution in [0, 0.1) is 5.92 Å². The van der Waals surface area contributed by atoms with Crippen molar-refractivity contribution in [2.75, 3.05) is 25.4 Å². The van der Waals surface area contributed by atoms with Crippen molar-refractivity contribution in [3.05, 3.63) is 22.7 Å². The van der Waals surface area contributed by atoms with E-state index in [1.807, 2.05) is 0 Å². The summed E-state index contributed by atoms with van der Waals surface area (Å²) in [7, 11) is -3.52. The van der Waals surface area contributed by atoms with Gasteiger partial charge in [0.05, 0.1) is 4.90 Å². The van der Waals surface area contributed by atoms with Gasteiger partial charge in [-0.3, -0.25) is 0 Å². The lowest BCUT2D eigenvalue weighted by molar-refractivity contribution is 0.170. The van der Waals surface area contributed by atoms with Crippen LogP contribution in [0.1, 0.15) is 12.8 Å². The number of hydrogen-bond acceptors (Lipinski definition) is 4. The molecule has 1 aromatic rings. The predicted molar refractivity (Wildman–Crippen MR) is 77.1 cm³/mol. The van der Waals surface area contributed by atoms with Gasteiger partial charge in [-0.05, 0) is 52.9 Å². The second-order valence-corrected chi connectivity index (χ2v) is 7.48. The van der Waals surface area contributed by atoms with Crippen LogP contribution in [0.15, 0.2) is 27.6 Å². The molecule has 0 radical (unpaired) electrons. The van der Waals surface area contributed by atoms with Crippen molar-refractivity contribution in [3.8, 4) is 0 Å². The van der Waals surface area contributed by atoms with E-state index in [2.05, 4.69) is 15.9 Å². The number of halogens is 1. The molecule has 1 aromatic carbocycles. The normalized spacial score (nSPS) is 18.6. The summed E-state index contributed by atoms with van der Waals surface area (Å²) in [5.74, 6) is 0.204. The maximum Gasteiger partial charge on any atom is 0.244 e. The number of aliphatic hydroxyl groups is 1. The maximum absolute atomic E-state index is 12.5. The Morgan fingerprint density at radius 2 is 2.00 bits per heavy atom. The summed E-state index contributed by atoms with van der Waals surface area (Å²) in [6.45, 7) is 0.999. The quantitative estimate of drug-likeness (QED) is 0.809. The monoisotopic (exact) mass is 348 g/mol. The highest BCUT2D eigenvalue weighted by Crippen LogP contribution is 2.29. The van der Waals surface area contributed by atoms with E-state index in [0.29, 0.717) is 36.1 Å². The molecule has 1 aliphatic heterocycles. The van der Waals surface area contributed by atoms with Crippen molar-refractivity contribution in [3.63, 3.8) is 0 Å². The lowest BCUT2D eigenvalue weighted by Gasteiger charge is -2.30. The average Bonchev–Trinajstić information content (AvgIpc) is 2.41. The van der Waals surface area contributed by atoms with Gasteiger partial charge in [0.1, 0.15) is 0 Å². The lowest BCUT2D eigenvalue weighted by atomic mass is 10.00. The van der Waals surface area contributed by atoms with E-state index in [0.717, 1.165) is 0 Å². The van der Waals surface area contributed by atoms with Gasteiger partial charge in [0.2, 0.25) is 10.0 Å². The van der Waals surface area contributed by atoms with Gasteiger partial charge in [-0.25, -0.2) is 8.42 Å². The molecule has 1 fully saturated rings. The molecule has 1 heterocycles. The molecule has 19 heavy (non-hydrogen) atoms. The van der Waals surface area contributed by atoms with Gasteiger partial charge in [-0.2, -0.15) is 4.31 Å². The molecule has 7 heteroatoms. The molecule has 0 aromatic heterocycles. The lowest BCUT2D eigenvalue weighted by Crippen LogP contribution is -2.39. The van der Waals surface area contributed by atoms with Crippen LogP contribution in [0.2, 0.25) is 0 Å². The number of piperidine rings is 1. The van der Waals surface area contributed by atoms with Crippen LogP contribution in [-0.2, 0) is 10.0 Å². The molecular formula is C12H17BrN2O3S. The Labute approximate surface area is 121 Å². The Kier molecular flexibility index (Phi) is 4.50. The van der Waals surface area contributed by atoms with E-state index in [4.69, 9.17) is 10.8 Å². The Morgan fingerprint density at radius 1 is 1.37 bits per heavy atom. The molecule has 0 saturated carbocycles. The highest BCUT2D eigenvalue weighted by atomic mass is 79.9. The molecule has 0 amide bonds. The fourth-order valence-electron chi connectivity index (χ4n) is 2.19. The molecule has 0 spiro atoms. The summed E-state index contributed by atoms with van der Waals surface area (Å²) >= 11 is 3.26. The fraction of sp³-hybridized carbons (Fsp3) is 0.500. The fourth-order valence-corrected chi connectivity index (χ4v) is 4.62. The van der Waals surface area contributed by atoms with Crippen LogP contribution in [-0.4, -0.2) is 37.5 Å². The molecule has 2 rings (SSSR count). The SMILES string of the molecule is Nc1ccc(Br)c(S(=O)(=O)N2CCC(CO)CC2)c1. The van der Waals surface area contributed by atoms with Crippen LogP contribution >= 0.6 is 15.9 Å². The molecule has 0 unspecified atom stereocenters. The zero-order chi connectivity index (χ0) is 14.0. The van der Waals surface area contributed by atoms with Crippen LogP contribution in [0.5, 0.6) is 0 Å². The highest BCUT2D eigenvalue weighted by Gasteiger charge is 2.30. The van der Waals surface area contributed by atoms with Gasteiger partial charge in [-0.1, -0.05) is 0 Å². The van der Waals surface area contributed by atoms with Crippen LogP contribution < -0.4 is 5.73 Å². The third-order valence-corrected chi connectivity index (χ3v) is 6.30. The van der Waals surface area contributed by atoms with Crippen LogP contribution in [0.4, 0.5) is 5.69 Å². The van der Waals surface area contributed by atoms with Crippen molar-refractivity contribution in [1.82, 2.24) is 4.31 Å². The number of nitrogen functional groups attached to an aromatic ring is 1. The number of aliphatic hydroxyl groups excluding tert-OH is 1. The minimum atomic E-state index is -3.52. The molecule has 0 bridgehead atoms. The number of benzene rings is 1. The summed E-state index contributed by atoms with van der Waals surface area (Å²) in [5.41, 5.74) is 6.08. The number of hydrogen-bond donors (Lipinski definition) is 2. The highest BCUT2D eigenvalue weighted by molar-refractivity contribution is 9.10. The molecule has 106 valence electrons. The second kappa shape index (κ2) is 5.78. The van der Waals surface area contributed by atoms with E-state index in [9.17, 15) is 8.42 Å². The molecule has 0 atom stereocenters. The minimum Gasteiger partial charge on any atom is -0.399 e. The third-order valence-electron chi connectivity index (χ3n) is 3.40. The summed E-state index contributed by atoms with van der Waals surface area (Å²) in [4.78, 5) is 0.204. The van der Waals surface area contributed by atoms with Gasteiger partial charge < -0.3 is 10.8 Å². The summed E-state index contributed by atoms with van der Waals surface area (Å²) in [6.07, 6.45) is 1.38. The summed E-state index contributed by atoms with van der Waals surface area (Å²) < 4.78 is 27.0. The summed E-state index contributed by atoms with van der Waals surface area (Å²) in [5, 5.41) is 9.09. The maximum atomic E-state index is 12.5. The first-order valence-electron chi connectivity index (χ1n) is 6.11. The molecule has 0 aliphatic carbocycles. The Balaban J connectivity index is 2.26. The molecule has 1 saturated heterocycles. The van der Waals surface area contributed by atoms with Gasteiger partial charge in [0.15, 0.2) is 0 Å². The van der Waals surface area contributed by atoms with Crippen molar-refractivity contribution in [2.24, 2.45) is 5.92 Å². The van der Waals surface area contributed by atoms with E-state index < -0.39 is 10.0 Å². The number of nitrogens with two attached hydrogens (primary N) is 1.